The number of hydrogen-bond donors (Lipinski definition) is 2. The number of aliphatic hydroxyl groups excluding tert-OH is 1. The lowest BCUT2D eigenvalue weighted by Crippen LogP contribution is -2.29. The molecule has 0 saturated heterocycles. The van der Waals surface area contributed by atoms with Crippen LogP contribution in [0.15, 0.2) is 16.5 Å². The number of hydrogen-bond acceptors (Lipinski definition) is 6. The number of methoxy groups -OCH3 is 1. The van der Waals surface area contributed by atoms with E-state index in [4.69, 9.17) is 9.15 Å². The van der Waals surface area contributed by atoms with Gasteiger partial charge in [-0.05, 0) is 6.07 Å². The molecule has 0 aliphatic carbocycles. The number of nitro groups is 1. The Balaban J connectivity index is 2.29. The summed E-state index contributed by atoms with van der Waals surface area (Å²) in [6, 6.07) is 2.82. The third kappa shape index (κ3) is 3.97. The molecule has 1 atom stereocenters. The highest BCUT2D eigenvalue weighted by atomic mass is 16.6. The van der Waals surface area contributed by atoms with Crippen LogP contribution < -0.4 is 5.32 Å². The van der Waals surface area contributed by atoms with Crippen molar-refractivity contribution in [3.63, 3.8) is 0 Å². The minimum absolute atomic E-state index is 0.241. The van der Waals surface area contributed by atoms with E-state index in [0.717, 1.165) is 0 Å². The summed E-state index contributed by atoms with van der Waals surface area (Å²) in [5.74, 6) is 0.172. The maximum absolute atomic E-state index is 10.3. The standard InChI is InChI=1S/C9H14N2O5/c1-15-6-7(12)4-10-5-8-2-3-9(16-8)11(13)14/h2-3,7,10,12H,4-6H2,1H3. The molecule has 0 fully saturated rings. The summed E-state index contributed by atoms with van der Waals surface area (Å²) >= 11 is 0. The Hall–Kier alpha value is -1.44. The van der Waals surface area contributed by atoms with Crippen LogP contribution in [0.3, 0.4) is 0 Å². The van der Waals surface area contributed by atoms with E-state index in [1.165, 1.54) is 19.2 Å². The van der Waals surface area contributed by atoms with Crippen LogP contribution in [0.25, 0.3) is 0 Å². The summed E-state index contributed by atoms with van der Waals surface area (Å²) < 4.78 is 9.65. The second-order valence-corrected chi connectivity index (χ2v) is 3.24. The highest BCUT2D eigenvalue weighted by Crippen LogP contribution is 2.14. The van der Waals surface area contributed by atoms with E-state index >= 15 is 0 Å². The van der Waals surface area contributed by atoms with E-state index in [1.54, 1.807) is 0 Å². The minimum Gasteiger partial charge on any atom is -0.404 e. The number of rotatable bonds is 7. The average molecular weight is 230 g/mol. The van der Waals surface area contributed by atoms with Crippen LogP contribution in [-0.2, 0) is 11.3 Å². The van der Waals surface area contributed by atoms with Crippen molar-refractivity contribution in [3.8, 4) is 0 Å². The molecule has 0 aliphatic rings. The van der Waals surface area contributed by atoms with E-state index in [9.17, 15) is 15.2 Å². The summed E-state index contributed by atoms with van der Waals surface area (Å²) in [4.78, 5) is 9.72. The van der Waals surface area contributed by atoms with E-state index in [0.29, 0.717) is 18.8 Å². The fourth-order valence-corrected chi connectivity index (χ4v) is 1.17. The molecule has 7 nitrogen and oxygen atoms in total. The topological polar surface area (TPSA) is 97.8 Å². The normalized spacial score (nSPS) is 12.6. The Morgan fingerprint density at radius 3 is 3.00 bits per heavy atom. The molecule has 0 saturated carbocycles. The van der Waals surface area contributed by atoms with Crippen LogP contribution in [0.1, 0.15) is 5.76 Å². The highest BCUT2D eigenvalue weighted by molar-refractivity contribution is 5.17. The van der Waals surface area contributed by atoms with Gasteiger partial charge in [-0.2, -0.15) is 0 Å². The van der Waals surface area contributed by atoms with Crippen molar-refractivity contribution in [2.24, 2.45) is 0 Å². The molecule has 90 valence electrons. The van der Waals surface area contributed by atoms with Crippen LogP contribution in [0.5, 0.6) is 0 Å². The molecule has 0 bridgehead atoms. The molecule has 0 radical (unpaired) electrons. The van der Waals surface area contributed by atoms with Gasteiger partial charge in [-0.1, -0.05) is 0 Å². The van der Waals surface area contributed by atoms with Crippen LogP contribution >= 0.6 is 0 Å². The van der Waals surface area contributed by atoms with Crippen LogP contribution in [0, 0.1) is 10.1 Å². The van der Waals surface area contributed by atoms with Gasteiger partial charge < -0.3 is 19.6 Å². The molecule has 0 amide bonds. The van der Waals surface area contributed by atoms with Gasteiger partial charge in [-0.15, -0.1) is 0 Å². The molecule has 1 heterocycles. The third-order valence-corrected chi connectivity index (χ3v) is 1.87. The van der Waals surface area contributed by atoms with E-state index in [1.807, 2.05) is 0 Å². The zero-order valence-electron chi connectivity index (χ0n) is 8.88. The molecule has 1 rings (SSSR count). The van der Waals surface area contributed by atoms with Crippen LogP contribution in [0.4, 0.5) is 5.88 Å². The number of aliphatic hydroxyl groups is 1. The zero-order chi connectivity index (χ0) is 12.0. The predicted molar refractivity (Wildman–Crippen MR) is 55.0 cm³/mol. The van der Waals surface area contributed by atoms with Gasteiger partial charge >= 0.3 is 5.88 Å². The molecule has 16 heavy (non-hydrogen) atoms. The monoisotopic (exact) mass is 230 g/mol. The Morgan fingerprint density at radius 2 is 2.44 bits per heavy atom. The first-order valence-electron chi connectivity index (χ1n) is 4.74. The van der Waals surface area contributed by atoms with Crippen molar-refractivity contribution in [1.82, 2.24) is 5.32 Å². The van der Waals surface area contributed by atoms with Crippen molar-refractivity contribution < 1.29 is 19.2 Å². The maximum Gasteiger partial charge on any atom is 0.433 e. The summed E-state index contributed by atoms with van der Waals surface area (Å²) in [6.45, 7) is 0.905. The summed E-state index contributed by atoms with van der Waals surface area (Å²) in [6.07, 6.45) is -0.602. The molecule has 1 aromatic heterocycles. The highest BCUT2D eigenvalue weighted by Gasteiger charge is 2.11. The summed E-state index contributed by atoms with van der Waals surface area (Å²) in [5.41, 5.74) is 0. The fourth-order valence-electron chi connectivity index (χ4n) is 1.17. The Morgan fingerprint density at radius 1 is 1.69 bits per heavy atom. The fraction of sp³-hybridized carbons (Fsp3) is 0.556. The summed E-state index contributed by atoms with van der Waals surface area (Å²) in [5, 5.41) is 22.5. The first-order valence-corrected chi connectivity index (χ1v) is 4.74. The quantitative estimate of drug-likeness (QED) is 0.516. The second kappa shape index (κ2) is 6.21. The number of furan rings is 1. The molecular formula is C9H14N2O5. The van der Waals surface area contributed by atoms with E-state index < -0.39 is 11.0 Å². The Bertz CT molecular complexity index is 338. The lowest BCUT2D eigenvalue weighted by Gasteiger charge is -2.09. The molecule has 7 heteroatoms. The number of ether oxygens (including phenoxy) is 1. The van der Waals surface area contributed by atoms with Gasteiger partial charge in [0.25, 0.3) is 0 Å². The Labute approximate surface area is 92.2 Å². The van der Waals surface area contributed by atoms with E-state index in [-0.39, 0.29) is 12.5 Å². The van der Waals surface area contributed by atoms with Crippen molar-refractivity contribution in [1.29, 1.82) is 0 Å². The van der Waals surface area contributed by atoms with Crippen molar-refractivity contribution in [3.05, 3.63) is 28.0 Å². The maximum atomic E-state index is 10.3. The summed E-state index contributed by atoms with van der Waals surface area (Å²) in [7, 11) is 1.50. The number of nitrogens with one attached hydrogen (secondary N) is 1. The van der Waals surface area contributed by atoms with Gasteiger partial charge in [-0.3, -0.25) is 10.1 Å². The van der Waals surface area contributed by atoms with Crippen molar-refractivity contribution in [2.45, 2.75) is 12.6 Å². The smallest absolute Gasteiger partial charge is 0.404 e. The third-order valence-electron chi connectivity index (χ3n) is 1.87. The lowest BCUT2D eigenvalue weighted by atomic mass is 10.3. The largest absolute Gasteiger partial charge is 0.433 e. The molecule has 0 aromatic carbocycles. The first kappa shape index (κ1) is 12.6. The molecule has 2 N–H and O–H groups in total. The van der Waals surface area contributed by atoms with Gasteiger partial charge in [0.1, 0.15) is 10.7 Å². The zero-order valence-corrected chi connectivity index (χ0v) is 8.88. The Kier molecular flexibility index (Phi) is 4.90. The molecule has 1 aromatic rings. The minimum atomic E-state index is -0.602. The van der Waals surface area contributed by atoms with Gasteiger partial charge in [0, 0.05) is 13.7 Å². The van der Waals surface area contributed by atoms with Crippen molar-refractivity contribution >= 4 is 5.88 Å². The van der Waals surface area contributed by atoms with Gasteiger partial charge in [-0.25, -0.2) is 0 Å². The first-order chi connectivity index (χ1) is 7.63. The van der Waals surface area contributed by atoms with Gasteiger partial charge in [0.05, 0.1) is 25.3 Å². The number of nitrogens with zero attached hydrogens (tertiary/aromatic N) is 1. The van der Waals surface area contributed by atoms with Crippen LogP contribution in [0.2, 0.25) is 0 Å². The van der Waals surface area contributed by atoms with Crippen molar-refractivity contribution in [2.75, 3.05) is 20.3 Å². The molecule has 1 unspecified atom stereocenters. The molecule has 0 aliphatic heterocycles. The van der Waals surface area contributed by atoms with Crippen LogP contribution in [-0.4, -0.2) is 36.4 Å². The second-order valence-electron chi connectivity index (χ2n) is 3.24. The van der Waals surface area contributed by atoms with Gasteiger partial charge in [0.2, 0.25) is 0 Å². The van der Waals surface area contributed by atoms with E-state index in [2.05, 4.69) is 5.32 Å². The predicted octanol–water partition coefficient (Wildman–Crippen LogP) is 0.285. The SMILES string of the molecule is COCC(O)CNCc1ccc([N+](=O)[O-])o1. The molecular weight excluding hydrogens is 216 g/mol. The van der Waals surface area contributed by atoms with Gasteiger partial charge in [0.15, 0.2) is 0 Å². The lowest BCUT2D eigenvalue weighted by molar-refractivity contribution is -0.402. The average Bonchev–Trinajstić information content (AvgIpc) is 2.67. The molecule has 0 spiro atoms.